The van der Waals surface area contributed by atoms with Gasteiger partial charge in [0.05, 0.1) is 6.61 Å². The van der Waals surface area contributed by atoms with Crippen LogP contribution in [0.2, 0.25) is 0 Å². The number of methoxy groups -OCH3 is 1. The maximum absolute atomic E-state index is 11.2. The van der Waals surface area contributed by atoms with Crippen LogP contribution in [0.15, 0.2) is 0 Å². The van der Waals surface area contributed by atoms with Crippen LogP contribution in [0.4, 0.5) is 0 Å². The lowest BCUT2D eigenvalue weighted by atomic mass is 10.1. The van der Waals surface area contributed by atoms with Crippen molar-refractivity contribution in [2.24, 2.45) is 5.92 Å². The summed E-state index contributed by atoms with van der Waals surface area (Å²) < 4.78 is 4.82. The topological polar surface area (TPSA) is 58.6 Å². The first-order valence-electron chi connectivity index (χ1n) is 4.85. The van der Waals surface area contributed by atoms with Gasteiger partial charge in [0, 0.05) is 20.1 Å². The van der Waals surface area contributed by atoms with E-state index in [-0.39, 0.29) is 19.1 Å². The van der Waals surface area contributed by atoms with Crippen molar-refractivity contribution in [2.45, 2.75) is 32.8 Å². The van der Waals surface area contributed by atoms with Gasteiger partial charge in [-0.2, -0.15) is 0 Å². The van der Waals surface area contributed by atoms with Crippen molar-refractivity contribution < 1.29 is 14.6 Å². The molecule has 0 fully saturated rings. The molecule has 0 radical (unpaired) electrons. The third-order valence-electron chi connectivity index (χ3n) is 1.72. The van der Waals surface area contributed by atoms with Crippen molar-refractivity contribution in [1.82, 2.24) is 5.32 Å². The number of rotatable bonds is 6. The van der Waals surface area contributed by atoms with E-state index in [0.717, 1.165) is 0 Å². The molecule has 0 saturated carbocycles. The summed E-state index contributed by atoms with van der Waals surface area (Å²) in [6, 6.07) is 0. The van der Waals surface area contributed by atoms with Gasteiger partial charge in [-0.15, -0.1) is 0 Å². The molecule has 0 bridgehead atoms. The van der Waals surface area contributed by atoms with Gasteiger partial charge in [0.2, 0.25) is 5.91 Å². The molecule has 0 saturated heterocycles. The third kappa shape index (κ3) is 6.86. The normalized spacial score (nSPS) is 15.3. The van der Waals surface area contributed by atoms with Crippen LogP contribution < -0.4 is 5.32 Å². The smallest absolute Gasteiger partial charge is 0.220 e. The number of carbonyl (C=O) groups excluding carboxylic acids is 1. The zero-order chi connectivity index (χ0) is 11.2. The second-order valence-electron chi connectivity index (χ2n) is 4.30. The van der Waals surface area contributed by atoms with Gasteiger partial charge in [0.25, 0.3) is 0 Å². The average molecular weight is 203 g/mol. The number of amides is 1. The van der Waals surface area contributed by atoms with Gasteiger partial charge >= 0.3 is 0 Å². The van der Waals surface area contributed by atoms with Crippen LogP contribution in [0.5, 0.6) is 0 Å². The van der Waals surface area contributed by atoms with Crippen molar-refractivity contribution in [3.05, 3.63) is 0 Å². The molecule has 0 aliphatic heterocycles. The molecule has 0 aliphatic rings. The maximum atomic E-state index is 11.2. The van der Waals surface area contributed by atoms with Gasteiger partial charge < -0.3 is 15.2 Å². The molecule has 0 aromatic rings. The predicted molar refractivity (Wildman–Crippen MR) is 55.0 cm³/mol. The fourth-order valence-electron chi connectivity index (χ4n) is 1.09. The van der Waals surface area contributed by atoms with E-state index in [2.05, 4.69) is 5.32 Å². The van der Waals surface area contributed by atoms with Gasteiger partial charge in [-0.1, -0.05) is 13.8 Å². The molecule has 2 N–H and O–H groups in total. The summed E-state index contributed by atoms with van der Waals surface area (Å²) in [5.41, 5.74) is -0.985. The highest BCUT2D eigenvalue weighted by atomic mass is 16.5. The van der Waals surface area contributed by atoms with Gasteiger partial charge in [-0.25, -0.2) is 0 Å². The molecule has 84 valence electrons. The first-order chi connectivity index (χ1) is 6.37. The van der Waals surface area contributed by atoms with Crippen LogP contribution in [0.3, 0.4) is 0 Å². The van der Waals surface area contributed by atoms with Crippen molar-refractivity contribution >= 4 is 5.91 Å². The highest BCUT2D eigenvalue weighted by Crippen LogP contribution is 2.03. The molecule has 0 aromatic carbocycles. The van der Waals surface area contributed by atoms with E-state index in [0.29, 0.717) is 12.3 Å². The number of ether oxygens (including phenoxy) is 1. The van der Waals surface area contributed by atoms with Crippen LogP contribution in [0.25, 0.3) is 0 Å². The summed E-state index contributed by atoms with van der Waals surface area (Å²) in [7, 11) is 1.52. The molecule has 4 heteroatoms. The summed E-state index contributed by atoms with van der Waals surface area (Å²) in [6.07, 6.45) is 0.489. The number of hydrogen-bond acceptors (Lipinski definition) is 3. The predicted octanol–water partition coefficient (Wildman–Crippen LogP) is 0.546. The SMILES string of the molecule is COCC(C)(O)CNC(=O)CC(C)C. The zero-order valence-electron chi connectivity index (χ0n) is 9.46. The van der Waals surface area contributed by atoms with E-state index in [4.69, 9.17) is 4.74 Å². The maximum Gasteiger partial charge on any atom is 0.220 e. The average Bonchev–Trinajstić information content (AvgIpc) is 2.00. The van der Waals surface area contributed by atoms with Crippen LogP contribution in [0, 0.1) is 5.92 Å². The summed E-state index contributed by atoms with van der Waals surface area (Å²) >= 11 is 0. The molecule has 1 amide bonds. The summed E-state index contributed by atoms with van der Waals surface area (Å²) in [4.78, 5) is 11.2. The molecule has 0 aliphatic carbocycles. The summed E-state index contributed by atoms with van der Waals surface area (Å²) in [5, 5.41) is 12.3. The van der Waals surface area contributed by atoms with E-state index in [1.54, 1.807) is 6.92 Å². The lowest BCUT2D eigenvalue weighted by Crippen LogP contribution is -2.43. The zero-order valence-corrected chi connectivity index (χ0v) is 9.46. The minimum Gasteiger partial charge on any atom is -0.386 e. The fraction of sp³-hybridized carbons (Fsp3) is 0.900. The number of aliphatic hydroxyl groups is 1. The summed E-state index contributed by atoms with van der Waals surface area (Å²) in [5.74, 6) is 0.304. The fourth-order valence-corrected chi connectivity index (χ4v) is 1.09. The number of hydrogen-bond donors (Lipinski definition) is 2. The van der Waals surface area contributed by atoms with E-state index >= 15 is 0 Å². The molecule has 0 aromatic heterocycles. The van der Waals surface area contributed by atoms with Gasteiger partial charge in [-0.05, 0) is 12.8 Å². The van der Waals surface area contributed by atoms with E-state index < -0.39 is 5.60 Å². The molecule has 1 unspecified atom stereocenters. The Kier molecular flexibility index (Phi) is 5.72. The van der Waals surface area contributed by atoms with Crippen molar-refractivity contribution in [3.8, 4) is 0 Å². The Bertz CT molecular complexity index is 178. The van der Waals surface area contributed by atoms with Gasteiger partial charge in [-0.3, -0.25) is 4.79 Å². The highest BCUT2D eigenvalue weighted by Gasteiger charge is 2.20. The minimum atomic E-state index is -0.985. The van der Waals surface area contributed by atoms with Crippen molar-refractivity contribution in [1.29, 1.82) is 0 Å². The number of nitrogens with one attached hydrogen (secondary N) is 1. The second kappa shape index (κ2) is 5.98. The summed E-state index contributed by atoms with van der Waals surface area (Å²) in [6.45, 7) is 6.03. The minimum absolute atomic E-state index is 0.0311. The third-order valence-corrected chi connectivity index (χ3v) is 1.72. The Morgan fingerprint density at radius 1 is 1.57 bits per heavy atom. The van der Waals surface area contributed by atoms with Crippen LogP contribution in [-0.4, -0.2) is 36.9 Å². The lowest BCUT2D eigenvalue weighted by molar-refractivity contribution is -0.123. The molecule has 14 heavy (non-hydrogen) atoms. The second-order valence-corrected chi connectivity index (χ2v) is 4.30. The van der Waals surface area contributed by atoms with Gasteiger partial charge in [0.15, 0.2) is 0 Å². The highest BCUT2D eigenvalue weighted by molar-refractivity contribution is 5.76. The van der Waals surface area contributed by atoms with Crippen LogP contribution >= 0.6 is 0 Å². The largest absolute Gasteiger partial charge is 0.386 e. The first kappa shape index (κ1) is 13.4. The lowest BCUT2D eigenvalue weighted by Gasteiger charge is -2.22. The van der Waals surface area contributed by atoms with Gasteiger partial charge in [0.1, 0.15) is 5.60 Å². The Morgan fingerprint density at radius 3 is 2.57 bits per heavy atom. The van der Waals surface area contributed by atoms with E-state index in [9.17, 15) is 9.90 Å². The monoisotopic (exact) mass is 203 g/mol. The standard InChI is InChI=1S/C10H21NO3/c1-8(2)5-9(12)11-6-10(3,13)7-14-4/h8,13H,5-7H2,1-4H3,(H,11,12). The Balaban J connectivity index is 3.75. The van der Waals surface area contributed by atoms with E-state index in [1.165, 1.54) is 7.11 Å². The van der Waals surface area contributed by atoms with Crippen LogP contribution in [0.1, 0.15) is 27.2 Å². The molecule has 4 nitrogen and oxygen atoms in total. The van der Waals surface area contributed by atoms with Crippen molar-refractivity contribution in [2.75, 3.05) is 20.3 Å². The van der Waals surface area contributed by atoms with Crippen molar-refractivity contribution in [3.63, 3.8) is 0 Å². The molecule has 0 rings (SSSR count). The van der Waals surface area contributed by atoms with Crippen LogP contribution in [-0.2, 0) is 9.53 Å². The van der Waals surface area contributed by atoms with E-state index in [1.807, 2.05) is 13.8 Å². The Morgan fingerprint density at radius 2 is 2.14 bits per heavy atom. The Hall–Kier alpha value is -0.610. The quantitative estimate of drug-likeness (QED) is 0.662. The molecule has 0 heterocycles. The molecular weight excluding hydrogens is 182 g/mol. The molecule has 0 spiro atoms. The Labute approximate surface area is 85.6 Å². The molecule has 1 atom stereocenters. The number of carbonyl (C=O) groups is 1. The first-order valence-corrected chi connectivity index (χ1v) is 4.85. The molecular formula is C10H21NO3.